The Kier molecular flexibility index (Phi) is 6.54. The highest BCUT2D eigenvalue weighted by Gasteiger charge is 1.96. The van der Waals surface area contributed by atoms with Crippen LogP contribution < -0.4 is 5.32 Å². The van der Waals surface area contributed by atoms with Crippen LogP contribution in [0.25, 0.3) is 0 Å². The molecule has 0 amide bonds. The van der Waals surface area contributed by atoms with Crippen LogP contribution in [0, 0.1) is 0 Å². The van der Waals surface area contributed by atoms with Gasteiger partial charge in [0.25, 0.3) is 0 Å². The van der Waals surface area contributed by atoms with Crippen molar-refractivity contribution in [2.45, 2.75) is 26.7 Å². The average Bonchev–Trinajstić information content (AvgIpc) is 1.99. The summed E-state index contributed by atoms with van der Waals surface area (Å²) in [7, 11) is 0. The summed E-state index contributed by atoms with van der Waals surface area (Å²) >= 11 is 6.82. The molecule has 0 atom stereocenters. The first-order chi connectivity index (χ1) is 4.76. The van der Waals surface area contributed by atoms with Gasteiger partial charge in [-0.2, -0.15) is 0 Å². The molecule has 0 heterocycles. The van der Waals surface area contributed by atoms with E-state index in [0.29, 0.717) is 0 Å². The minimum Gasteiger partial charge on any atom is -0.378 e. The third-order valence-corrected chi connectivity index (χ3v) is 2.59. The maximum Gasteiger partial charge on any atom is 0.0704 e. The number of allylic oxidation sites excluding steroid dienone is 2. The van der Waals surface area contributed by atoms with E-state index in [9.17, 15) is 0 Å². The third kappa shape index (κ3) is 3.62. The molecule has 0 aliphatic rings. The quantitative estimate of drug-likeness (QED) is 0.610. The van der Waals surface area contributed by atoms with Crippen molar-refractivity contribution >= 4 is 31.9 Å². The summed E-state index contributed by atoms with van der Waals surface area (Å²) in [4.78, 5) is 0. The van der Waals surface area contributed by atoms with Crippen LogP contribution in [0.15, 0.2) is 10.2 Å². The van der Waals surface area contributed by atoms with Crippen molar-refractivity contribution in [1.29, 1.82) is 0 Å². The van der Waals surface area contributed by atoms with E-state index in [1.54, 1.807) is 0 Å². The van der Waals surface area contributed by atoms with Gasteiger partial charge >= 0.3 is 0 Å². The Balaban J connectivity index is 4.00. The first-order valence-corrected chi connectivity index (χ1v) is 5.35. The highest BCUT2D eigenvalue weighted by Crippen LogP contribution is 2.16. The van der Waals surface area contributed by atoms with Gasteiger partial charge in [0.1, 0.15) is 0 Å². The molecule has 0 bridgehead atoms. The van der Waals surface area contributed by atoms with E-state index in [4.69, 9.17) is 0 Å². The zero-order valence-corrected chi connectivity index (χ0v) is 9.55. The van der Waals surface area contributed by atoms with Crippen LogP contribution in [-0.2, 0) is 0 Å². The fraction of sp³-hybridized carbons (Fsp3) is 0.714. The molecule has 0 saturated carbocycles. The fourth-order valence-electron chi connectivity index (χ4n) is 0.707. The Bertz CT molecular complexity index is 121. The molecular formula is C7H13Br2N. The zero-order chi connectivity index (χ0) is 7.98. The molecule has 3 heteroatoms. The van der Waals surface area contributed by atoms with Crippen LogP contribution in [0.2, 0.25) is 0 Å². The molecule has 0 aromatic carbocycles. The fourth-order valence-corrected chi connectivity index (χ4v) is 1.47. The van der Waals surface area contributed by atoms with Crippen molar-refractivity contribution in [3.63, 3.8) is 0 Å². The molecule has 0 aromatic rings. The molecule has 0 aliphatic heterocycles. The largest absolute Gasteiger partial charge is 0.378 e. The zero-order valence-electron chi connectivity index (χ0n) is 6.38. The molecule has 0 fully saturated rings. The molecule has 0 unspecified atom stereocenters. The molecule has 1 nitrogen and oxygen atoms in total. The van der Waals surface area contributed by atoms with Crippen LogP contribution in [0.4, 0.5) is 0 Å². The summed E-state index contributed by atoms with van der Waals surface area (Å²) in [5, 5.41) is 3.23. The van der Waals surface area contributed by atoms with E-state index in [1.807, 2.05) is 0 Å². The van der Waals surface area contributed by atoms with Gasteiger partial charge < -0.3 is 5.32 Å². The summed E-state index contributed by atoms with van der Waals surface area (Å²) in [5.74, 6) is 0. The van der Waals surface area contributed by atoms with E-state index < -0.39 is 0 Å². The Morgan fingerprint density at radius 2 is 1.90 bits per heavy atom. The lowest BCUT2D eigenvalue weighted by Gasteiger charge is -2.07. The maximum atomic E-state index is 3.50. The monoisotopic (exact) mass is 269 g/mol. The van der Waals surface area contributed by atoms with Gasteiger partial charge in [-0.05, 0) is 12.8 Å². The molecular weight excluding hydrogens is 258 g/mol. The molecule has 0 spiro atoms. The smallest absolute Gasteiger partial charge is 0.0704 e. The normalized spacial score (nSPS) is 12.8. The summed E-state index contributed by atoms with van der Waals surface area (Å²) < 4.78 is 1.27. The molecule has 0 radical (unpaired) electrons. The Morgan fingerprint density at radius 3 is 2.20 bits per heavy atom. The van der Waals surface area contributed by atoms with Gasteiger partial charge in [-0.1, -0.05) is 45.7 Å². The lowest BCUT2D eigenvalue weighted by atomic mass is 10.3. The lowest BCUT2D eigenvalue weighted by molar-refractivity contribution is 0.866. The van der Waals surface area contributed by atoms with Crippen molar-refractivity contribution in [3.8, 4) is 0 Å². The highest BCUT2D eigenvalue weighted by atomic mass is 79.9. The third-order valence-electron chi connectivity index (χ3n) is 1.27. The van der Waals surface area contributed by atoms with Gasteiger partial charge in [-0.15, -0.1) is 0 Å². The van der Waals surface area contributed by atoms with E-state index in [2.05, 4.69) is 51.0 Å². The number of halogens is 2. The topological polar surface area (TPSA) is 12.0 Å². The molecule has 0 rings (SSSR count). The first kappa shape index (κ1) is 10.5. The van der Waals surface area contributed by atoms with Crippen LogP contribution in [-0.4, -0.2) is 5.45 Å². The lowest BCUT2D eigenvalue weighted by Crippen LogP contribution is -2.10. The average molecular weight is 271 g/mol. The SMILES string of the molecule is CC/C(Br)=C(/CC)NCBr. The summed E-state index contributed by atoms with van der Waals surface area (Å²) in [6, 6.07) is 0. The summed E-state index contributed by atoms with van der Waals surface area (Å²) in [6.45, 7) is 4.28. The number of alkyl halides is 1. The number of nitrogens with one attached hydrogen (secondary N) is 1. The number of rotatable bonds is 4. The van der Waals surface area contributed by atoms with Gasteiger partial charge in [0, 0.05) is 10.2 Å². The van der Waals surface area contributed by atoms with Crippen molar-refractivity contribution < 1.29 is 0 Å². The molecule has 1 N–H and O–H groups in total. The second-order valence-electron chi connectivity index (χ2n) is 1.90. The summed E-state index contributed by atoms with van der Waals surface area (Å²) in [5.41, 5.74) is 2.12. The van der Waals surface area contributed by atoms with Crippen LogP contribution in [0.3, 0.4) is 0 Å². The number of hydrogen-bond donors (Lipinski definition) is 1. The molecule has 10 heavy (non-hydrogen) atoms. The molecule has 60 valence electrons. The van der Waals surface area contributed by atoms with Crippen LogP contribution in [0.1, 0.15) is 26.7 Å². The van der Waals surface area contributed by atoms with Gasteiger partial charge in [0.2, 0.25) is 0 Å². The Hall–Kier alpha value is 0.500. The second kappa shape index (κ2) is 6.23. The molecule has 0 saturated heterocycles. The van der Waals surface area contributed by atoms with E-state index in [1.165, 1.54) is 10.2 Å². The predicted molar refractivity (Wildman–Crippen MR) is 53.5 cm³/mol. The second-order valence-corrected chi connectivity index (χ2v) is 3.42. The van der Waals surface area contributed by atoms with Crippen molar-refractivity contribution in [3.05, 3.63) is 10.2 Å². The van der Waals surface area contributed by atoms with E-state index in [-0.39, 0.29) is 0 Å². The first-order valence-electron chi connectivity index (χ1n) is 3.43. The van der Waals surface area contributed by atoms with Crippen LogP contribution in [0.5, 0.6) is 0 Å². The van der Waals surface area contributed by atoms with Gasteiger partial charge in [0.15, 0.2) is 0 Å². The van der Waals surface area contributed by atoms with E-state index in [0.717, 1.165) is 18.3 Å². The standard InChI is InChI=1S/C7H13Br2N/c1-3-6(9)7(4-2)10-5-8/h10H,3-5H2,1-2H3/b7-6+. The van der Waals surface area contributed by atoms with Gasteiger partial charge in [-0.25, -0.2) is 0 Å². The highest BCUT2D eigenvalue weighted by molar-refractivity contribution is 9.11. The van der Waals surface area contributed by atoms with Gasteiger partial charge in [0.05, 0.1) is 5.45 Å². The Morgan fingerprint density at radius 1 is 1.30 bits per heavy atom. The summed E-state index contributed by atoms with van der Waals surface area (Å²) in [6.07, 6.45) is 2.11. The predicted octanol–water partition coefficient (Wildman–Crippen LogP) is 3.35. The number of hydrogen-bond acceptors (Lipinski definition) is 1. The van der Waals surface area contributed by atoms with Gasteiger partial charge in [-0.3, -0.25) is 0 Å². The molecule has 0 aliphatic carbocycles. The van der Waals surface area contributed by atoms with E-state index >= 15 is 0 Å². The van der Waals surface area contributed by atoms with Crippen LogP contribution >= 0.6 is 31.9 Å². The minimum absolute atomic E-state index is 0.825. The van der Waals surface area contributed by atoms with Crippen molar-refractivity contribution in [2.75, 3.05) is 5.45 Å². The van der Waals surface area contributed by atoms with Crippen molar-refractivity contribution in [2.24, 2.45) is 0 Å². The Labute approximate surface area is 79.5 Å². The maximum absolute atomic E-state index is 3.50. The minimum atomic E-state index is 0.825. The molecule has 0 aromatic heterocycles. The van der Waals surface area contributed by atoms with Crippen molar-refractivity contribution in [1.82, 2.24) is 5.32 Å².